The molecule has 0 aliphatic carbocycles. The van der Waals surface area contributed by atoms with Crippen LogP contribution in [-0.2, 0) is 30.4 Å². The number of amides is 2. The van der Waals surface area contributed by atoms with Gasteiger partial charge in [-0.3, -0.25) is 19.2 Å². The molecule has 0 bridgehead atoms. The van der Waals surface area contributed by atoms with E-state index in [2.05, 4.69) is 15.6 Å². The van der Waals surface area contributed by atoms with Gasteiger partial charge in [0, 0.05) is 29.9 Å². The molecule has 0 aliphatic rings. The molecular formula is C20H24N4O8. The van der Waals surface area contributed by atoms with Crippen molar-refractivity contribution in [3.05, 3.63) is 36.0 Å². The Morgan fingerprint density at radius 3 is 2.22 bits per heavy atom. The number of rotatable bonds is 12. The van der Waals surface area contributed by atoms with Gasteiger partial charge in [0.15, 0.2) is 0 Å². The van der Waals surface area contributed by atoms with Crippen LogP contribution in [0.3, 0.4) is 0 Å². The lowest BCUT2D eigenvalue weighted by molar-refractivity contribution is -0.143. The zero-order chi connectivity index (χ0) is 23.8. The van der Waals surface area contributed by atoms with Gasteiger partial charge in [-0.05, 0) is 18.1 Å². The summed E-state index contributed by atoms with van der Waals surface area (Å²) >= 11 is 0. The largest absolute Gasteiger partial charge is 0.481 e. The van der Waals surface area contributed by atoms with Crippen molar-refractivity contribution >= 4 is 40.6 Å². The van der Waals surface area contributed by atoms with Gasteiger partial charge in [0.05, 0.1) is 12.5 Å². The quantitative estimate of drug-likeness (QED) is 0.221. The van der Waals surface area contributed by atoms with E-state index in [-0.39, 0.29) is 12.8 Å². The average Bonchev–Trinajstić information content (AvgIpc) is 3.12. The van der Waals surface area contributed by atoms with Gasteiger partial charge >= 0.3 is 17.9 Å². The maximum atomic E-state index is 12.8. The summed E-state index contributed by atoms with van der Waals surface area (Å²) in [6.07, 6.45) is 0.0759. The molecule has 0 saturated heterocycles. The third kappa shape index (κ3) is 6.80. The topological polar surface area (TPSA) is 212 Å². The van der Waals surface area contributed by atoms with Crippen LogP contribution in [0.1, 0.15) is 24.8 Å². The number of hydrogen-bond donors (Lipinski definition) is 7. The Bertz CT molecular complexity index is 1020. The number of nitrogens with one attached hydrogen (secondary N) is 3. The van der Waals surface area contributed by atoms with E-state index in [0.717, 1.165) is 10.9 Å². The number of carboxylic acid groups (broad SMARTS) is 3. The molecule has 12 nitrogen and oxygen atoms in total. The fourth-order valence-corrected chi connectivity index (χ4v) is 3.09. The predicted octanol–water partition coefficient (Wildman–Crippen LogP) is -0.569. The fourth-order valence-electron chi connectivity index (χ4n) is 3.09. The highest BCUT2D eigenvalue weighted by molar-refractivity contribution is 5.94. The molecule has 2 amide bonds. The second-order valence-corrected chi connectivity index (χ2v) is 7.16. The number of para-hydroxylation sites is 1. The summed E-state index contributed by atoms with van der Waals surface area (Å²) < 4.78 is 0. The summed E-state index contributed by atoms with van der Waals surface area (Å²) in [6, 6.07) is 2.99. The van der Waals surface area contributed by atoms with Crippen LogP contribution in [0.15, 0.2) is 30.5 Å². The molecule has 0 aliphatic heterocycles. The molecule has 8 N–H and O–H groups in total. The van der Waals surface area contributed by atoms with E-state index in [0.29, 0.717) is 5.56 Å². The van der Waals surface area contributed by atoms with Crippen LogP contribution in [0.2, 0.25) is 0 Å². The molecule has 2 aromatic rings. The number of carboxylic acids is 3. The molecule has 2 rings (SSSR count). The fraction of sp³-hybridized carbons (Fsp3) is 0.350. The third-order valence-electron chi connectivity index (χ3n) is 4.72. The predicted molar refractivity (Wildman–Crippen MR) is 111 cm³/mol. The van der Waals surface area contributed by atoms with Gasteiger partial charge in [0.1, 0.15) is 12.1 Å². The number of hydrogen-bond acceptors (Lipinski definition) is 6. The smallest absolute Gasteiger partial charge is 0.326 e. The molecule has 12 heteroatoms. The van der Waals surface area contributed by atoms with Crippen LogP contribution in [-0.4, -0.2) is 68.2 Å². The Labute approximate surface area is 181 Å². The first-order valence-electron chi connectivity index (χ1n) is 9.66. The first-order chi connectivity index (χ1) is 15.1. The van der Waals surface area contributed by atoms with E-state index in [1.165, 1.54) is 0 Å². The van der Waals surface area contributed by atoms with Gasteiger partial charge in [-0.1, -0.05) is 18.2 Å². The van der Waals surface area contributed by atoms with Crippen molar-refractivity contribution in [1.82, 2.24) is 15.6 Å². The second kappa shape index (κ2) is 10.9. The Morgan fingerprint density at radius 2 is 1.59 bits per heavy atom. The van der Waals surface area contributed by atoms with Crippen LogP contribution in [0.4, 0.5) is 0 Å². The van der Waals surface area contributed by atoms with Crippen molar-refractivity contribution in [2.24, 2.45) is 5.73 Å². The molecule has 172 valence electrons. The molecule has 0 saturated carbocycles. The highest BCUT2D eigenvalue weighted by Crippen LogP contribution is 2.19. The molecule has 0 radical (unpaired) electrons. The number of nitrogens with two attached hydrogens (primary N) is 1. The Balaban J connectivity index is 2.24. The summed E-state index contributed by atoms with van der Waals surface area (Å²) in [7, 11) is 0. The molecule has 32 heavy (non-hydrogen) atoms. The summed E-state index contributed by atoms with van der Waals surface area (Å²) in [4.78, 5) is 61.2. The number of aliphatic carboxylic acids is 3. The summed E-state index contributed by atoms with van der Waals surface area (Å²) in [5.74, 6) is -5.73. The molecule has 3 atom stereocenters. The first-order valence-corrected chi connectivity index (χ1v) is 9.66. The van der Waals surface area contributed by atoms with E-state index >= 15 is 0 Å². The Kier molecular flexibility index (Phi) is 8.30. The number of carbonyl (C=O) groups excluding carboxylic acids is 2. The standard InChI is InChI=1S/C20H24N4O8/c21-12(8-17(27)28)18(29)24-15(7-10-9-22-13-4-2-1-3-11(10)13)19(30)23-14(20(31)32)5-6-16(25)26/h1-4,9,12,14-15,22H,5-8,21H2,(H,23,30)(H,24,29)(H,25,26)(H,27,28)(H,31,32). The molecular weight excluding hydrogens is 424 g/mol. The maximum absolute atomic E-state index is 12.8. The molecule has 1 aromatic carbocycles. The zero-order valence-electron chi connectivity index (χ0n) is 16.9. The lowest BCUT2D eigenvalue weighted by Gasteiger charge is -2.22. The lowest BCUT2D eigenvalue weighted by atomic mass is 10.0. The zero-order valence-corrected chi connectivity index (χ0v) is 16.9. The lowest BCUT2D eigenvalue weighted by Crippen LogP contribution is -2.55. The monoisotopic (exact) mass is 448 g/mol. The number of carbonyl (C=O) groups is 5. The minimum atomic E-state index is -1.49. The van der Waals surface area contributed by atoms with Gasteiger partial charge in [-0.2, -0.15) is 0 Å². The number of benzene rings is 1. The van der Waals surface area contributed by atoms with Crippen molar-refractivity contribution in [2.45, 2.75) is 43.8 Å². The van der Waals surface area contributed by atoms with E-state index in [1.54, 1.807) is 24.4 Å². The van der Waals surface area contributed by atoms with E-state index in [9.17, 15) is 29.1 Å². The van der Waals surface area contributed by atoms with Gasteiger partial charge in [-0.15, -0.1) is 0 Å². The Hall–Kier alpha value is -3.93. The van der Waals surface area contributed by atoms with Crippen molar-refractivity contribution in [3.8, 4) is 0 Å². The van der Waals surface area contributed by atoms with Gasteiger partial charge in [-0.25, -0.2) is 4.79 Å². The van der Waals surface area contributed by atoms with Crippen LogP contribution < -0.4 is 16.4 Å². The summed E-state index contributed by atoms with van der Waals surface area (Å²) in [6.45, 7) is 0. The van der Waals surface area contributed by atoms with Crippen molar-refractivity contribution in [2.75, 3.05) is 0 Å². The van der Waals surface area contributed by atoms with Crippen molar-refractivity contribution in [3.63, 3.8) is 0 Å². The number of H-pyrrole nitrogens is 1. The van der Waals surface area contributed by atoms with E-state index in [4.69, 9.17) is 15.9 Å². The van der Waals surface area contributed by atoms with Gasteiger partial charge in [0.2, 0.25) is 11.8 Å². The van der Waals surface area contributed by atoms with Crippen LogP contribution >= 0.6 is 0 Å². The first kappa shape index (κ1) is 24.3. The number of aromatic amines is 1. The Morgan fingerprint density at radius 1 is 0.938 bits per heavy atom. The third-order valence-corrected chi connectivity index (χ3v) is 4.72. The molecule has 0 fully saturated rings. The maximum Gasteiger partial charge on any atom is 0.326 e. The SMILES string of the molecule is NC(CC(=O)O)C(=O)NC(Cc1c[nH]c2ccccc12)C(=O)NC(CCC(=O)O)C(=O)O. The highest BCUT2D eigenvalue weighted by atomic mass is 16.4. The van der Waals surface area contributed by atoms with Crippen molar-refractivity contribution in [1.29, 1.82) is 0 Å². The minimum Gasteiger partial charge on any atom is -0.481 e. The van der Waals surface area contributed by atoms with Gasteiger partial charge in [0.25, 0.3) is 0 Å². The summed E-state index contributed by atoms with van der Waals surface area (Å²) in [5.41, 5.74) is 6.99. The summed E-state index contributed by atoms with van der Waals surface area (Å²) in [5, 5.41) is 32.3. The van der Waals surface area contributed by atoms with Crippen LogP contribution in [0, 0.1) is 0 Å². The molecule has 1 heterocycles. The van der Waals surface area contributed by atoms with Crippen LogP contribution in [0.5, 0.6) is 0 Å². The normalized spacial score (nSPS) is 13.7. The molecule has 0 spiro atoms. The second-order valence-electron chi connectivity index (χ2n) is 7.16. The minimum absolute atomic E-state index is 0.0490. The van der Waals surface area contributed by atoms with E-state index in [1.807, 2.05) is 6.07 Å². The average molecular weight is 448 g/mol. The molecule has 1 aromatic heterocycles. The van der Waals surface area contributed by atoms with Gasteiger partial charge < -0.3 is 36.7 Å². The number of aromatic nitrogens is 1. The highest BCUT2D eigenvalue weighted by Gasteiger charge is 2.29. The number of fused-ring (bicyclic) bond motifs is 1. The van der Waals surface area contributed by atoms with Crippen molar-refractivity contribution < 1.29 is 39.3 Å². The molecule has 3 unspecified atom stereocenters. The van der Waals surface area contributed by atoms with E-state index < -0.39 is 60.7 Å². The van der Waals surface area contributed by atoms with Crippen LogP contribution in [0.25, 0.3) is 10.9 Å².